The number of nitrogens with one attached hydrogen (secondary N) is 1. The van der Waals surface area contributed by atoms with E-state index in [0.717, 1.165) is 25.7 Å². The Balaban J connectivity index is 1.65. The topological polar surface area (TPSA) is 145 Å². The Morgan fingerprint density at radius 2 is 2.03 bits per heavy atom. The van der Waals surface area contributed by atoms with Crippen molar-refractivity contribution in [1.29, 1.82) is 0 Å². The molecule has 4 N–H and O–H groups in total. The molecule has 0 aromatic carbocycles. The Morgan fingerprint density at radius 1 is 1.23 bits per heavy atom. The van der Waals surface area contributed by atoms with Crippen molar-refractivity contribution < 1.29 is 24.9 Å². The lowest BCUT2D eigenvalue weighted by atomic mass is 10.1. The van der Waals surface area contributed by atoms with Crippen LogP contribution in [0.5, 0.6) is 0 Å². The number of hydrazone groups is 1. The predicted octanol–water partition coefficient (Wildman–Crippen LogP) is 0.241. The lowest BCUT2D eigenvalue weighted by molar-refractivity contribution is -0.119. The Labute approximate surface area is 179 Å². The summed E-state index contributed by atoms with van der Waals surface area (Å²) in [5.41, 5.74) is 1.06. The number of nitrogens with zero attached hydrogens (tertiary/aromatic N) is 5. The first-order valence-corrected chi connectivity index (χ1v) is 10.6. The van der Waals surface area contributed by atoms with E-state index in [9.17, 15) is 20.1 Å². The third kappa shape index (κ3) is 3.89. The number of hydrogen-bond donors (Lipinski definition) is 4. The normalized spacial score (nSPS) is 25.2. The Morgan fingerprint density at radius 3 is 2.74 bits per heavy atom. The number of aliphatic hydroxyl groups is 3. The molecule has 0 bridgehead atoms. The van der Waals surface area contributed by atoms with Gasteiger partial charge in [0, 0.05) is 19.7 Å². The summed E-state index contributed by atoms with van der Waals surface area (Å²) in [6.07, 6.45) is 3.09. The van der Waals surface area contributed by atoms with Gasteiger partial charge >= 0.3 is 0 Å². The van der Waals surface area contributed by atoms with E-state index in [-0.39, 0.29) is 5.91 Å². The molecule has 2 aromatic heterocycles. The minimum atomic E-state index is -1.26. The van der Waals surface area contributed by atoms with Crippen molar-refractivity contribution in [3.63, 3.8) is 0 Å². The highest BCUT2D eigenvalue weighted by atomic mass is 16.6. The summed E-state index contributed by atoms with van der Waals surface area (Å²) < 4.78 is 7.26. The smallest absolute Gasteiger partial charge is 0.225 e. The van der Waals surface area contributed by atoms with E-state index in [1.165, 1.54) is 6.33 Å². The zero-order chi connectivity index (χ0) is 22.1. The Hall–Kier alpha value is -2.60. The lowest BCUT2D eigenvalue weighted by Gasteiger charge is -2.21. The highest BCUT2D eigenvalue weighted by Gasteiger charge is 2.44. The van der Waals surface area contributed by atoms with Crippen LogP contribution in [-0.2, 0) is 9.53 Å². The van der Waals surface area contributed by atoms with Crippen molar-refractivity contribution in [3.8, 4) is 0 Å². The minimum absolute atomic E-state index is 0.127. The molecule has 2 aliphatic heterocycles. The maximum Gasteiger partial charge on any atom is 0.225 e. The van der Waals surface area contributed by atoms with Gasteiger partial charge in [-0.05, 0) is 6.42 Å². The fraction of sp³-hybridized carbons (Fsp3) is 0.600. The number of amidine groups is 1. The summed E-state index contributed by atoms with van der Waals surface area (Å²) in [7, 11) is 1.72. The molecule has 0 spiro atoms. The van der Waals surface area contributed by atoms with Crippen LogP contribution in [0.15, 0.2) is 17.6 Å². The van der Waals surface area contributed by atoms with Crippen LogP contribution in [0.4, 0.5) is 5.82 Å². The van der Waals surface area contributed by atoms with Crippen LogP contribution >= 0.6 is 0 Å². The van der Waals surface area contributed by atoms with Gasteiger partial charge in [0.15, 0.2) is 17.9 Å². The van der Waals surface area contributed by atoms with Crippen LogP contribution in [-0.4, -0.2) is 73.6 Å². The number of carbonyl (C=O) groups is 1. The number of carbonyl (C=O) groups excluding carboxylic acids is 1. The molecule has 168 valence electrons. The summed E-state index contributed by atoms with van der Waals surface area (Å²) in [6.45, 7) is 1.69. The molecular weight excluding hydrogens is 404 g/mol. The summed E-state index contributed by atoms with van der Waals surface area (Å²) in [5.74, 6) is 0.782. The molecule has 2 aromatic rings. The number of hydrogen-bond acceptors (Lipinski definition) is 9. The first kappa shape index (κ1) is 21.6. The van der Waals surface area contributed by atoms with Crippen LogP contribution in [0.1, 0.15) is 50.8 Å². The second-order valence-electron chi connectivity index (χ2n) is 7.91. The fourth-order valence-corrected chi connectivity index (χ4v) is 4.05. The molecule has 0 radical (unpaired) electrons. The highest BCUT2D eigenvalue weighted by molar-refractivity contribution is 6.18. The number of aliphatic hydroxyl groups excluding tert-OH is 3. The van der Waals surface area contributed by atoms with Crippen molar-refractivity contribution in [1.82, 2.24) is 19.9 Å². The van der Waals surface area contributed by atoms with E-state index in [1.807, 2.05) is 0 Å². The molecule has 11 nitrogen and oxygen atoms in total. The first-order chi connectivity index (χ1) is 15.0. The monoisotopic (exact) mass is 432 g/mol. The van der Waals surface area contributed by atoms with E-state index in [1.54, 1.807) is 22.8 Å². The Kier molecular flexibility index (Phi) is 6.19. The number of anilines is 1. The van der Waals surface area contributed by atoms with Gasteiger partial charge in [0.2, 0.25) is 5.91 Å². The molecule has 0 unspecified atom stereocenters. The highest BCUT2D eigenvalue weighted by Crippen LogP contribution is 2.37. The van der Waals surface area contributed by atoms with Gasteiger partial charge in [-0.3, -0.25) is 4.79 Å². The number of amides is 1. The van der Waals surface area contributed by atoms with E-state index in [0.29, 0.717) is 34.7 Å². The van der Waals surface area contributed by atoms with Crippen molar-refractivity contribution in [2.45, 2.75) is 63.6 Å². The van der Waals surface area contributed by atoms with Gasteiger partial charge in [-0.2, -0.15) is 5.10 Å². The molecule has 4 atom stereocenters. The number of ether oxygens (including phenoxy) is 1. The van der Waals surface area contributed by atoms with E-state index < -0.39 is 31.1 Å². The average molecular weight is 432 g/mol. The SMILES string of the molecule is CCCCCCC(=O)NC1=NN(C)c2ncnc3c2c1cn3[C@@H]1O[C@H](CO)[C@@H](O)[C@H]1O. The summed E-state index contributed by atoms with van der Waals surface area (Å²) in [5, 5.41) is 39.6. The third-order valence-corrected chi connectivity index (χ3v) is 5.71. The first-order valence-electron chi connectivity index (χ1n) is 10.6. The van der Waals surface area contributed by atoms with Crippen molar-refractivity contribution in [2.24, 2.45) is 5.10 Å². The largest absolute Gasteiger partial charge is 0.394 e. The predicted molar refractivity (Wildman–Crippen MR) is 112 cm³/mol. The summed E-state index contributed by atoms with van der Waals surface area (Å²) in [4.78, 5) is 21.1. The van der Waals surface area contributed by atoms with E-state index >= 15 is 0 Å². The van der Waals surface area contributed by atoms with Crippen molar-refractivity contribution in [3.05, 3.63) is 18.1 Å². The molecule has 0 aliphatic carbocycles. The fourth-order valence-electron chi connectivity index (χ4n) is 4.05. The van der Waals surface area contributed by atoms with E-state index in [2.05, 4.69) is 27.3 Å². The van der Waals surface area contributed by atoms with Crippen LogP contribution < -0.4 is 10.3 Å². The van der Waals surface area contributed by atoms with Gasteiger partial charge in [-0.25, -0.2) is 15.0 Å². The van der Waals surface area contributed by atoms with Gasteiger partial charge < -0.3 is 29.9 Å². The molecule has 31 heavy (non-hydrogen) atoms. The van der Waals surface area contributed by atoms with Gasteiger partial charge in [0.1, 0.15) is 30.3 Å². The molecule has 4 heterocycles. The standard InChI is InChI=1S/C20H28N6O5/c1-3-4-5-6-7-13(28)23-17-11-8-26(20-16(30)15(29)12(9-27)31-20)19-14(11)18(21-10-22-19)25(2)24-17/h8,10,12,15-16,20,27,29-30H,3-7,9H2,1-2H3,(H,23,24,28)/t12-,15-,16-,20-/m1/s1. The van der Waals surface area contributed by atoms with Gasteiger partial charge in [-0.15, -0.1) is 0 Å². The average Bonchev–Trinajstić information content (AvgIpc) is 3.28. The molecule has 1 fully saturated rings. The number of rotatable bonds is 7. The second-order valence-corrected chi connectivity index (χ2v) is 7.91. The second kappa shape index (κ2) is 8.87. The quantitative estimate of drug-likeness (QED) is 0.455. The zero-order valence-corrected chi connectivity index (χ0v) is 17.6. The van der Waals surface area contributed by atoms with E-state index in [4.69, 9.17) is 4.74 Å². The zero-order valence-electron chi connectivity index (χ0n) is 17.6. The lowest BCUT2D eigenvalue weighted by Crippen LogP contribution is -2.35. The van der Waals surface area contributed by atoms with Gasteiger partial charge in [-0.1, -0.05) is 26.2 Å². The van der Waals surface area contributed by atoms with Gasteiger partial charge in [0.05, 0.1) is 17.6 Å². The van der Waals surface area contributed by atoms with Crippen LogP contribution in [0.2, 0.25) is 0 Å². The minimum Gasteiger partial charge on any atom is -0.394 e. The molecule has 0 saturated carbocycles. The summed E-state index contributed by atoms with van der Waals surface area (Å²) in [6, 6.07) is 0. The van der Waals surface area contributed by atoms with Gasteiger partial charge in [0.25, 0.3) is 0 Å². The molecule has 1 saturated heterocycles. The Bertz CT molecular complexity index is 992. The maximum absolute atomic E-state index is 12.5. The molecule has 4 rings (SSSR count). The van der Waals surface area contributed by atoms with Crippen molar-refractivity contribution in [2.75, 3.05) is 18.7 Å². The number of aromatic nitrogens is 3. The maximum atomic E-state index is 12.5. The molecule has 11 heteroatoms. The molecule has 1 amide bonds. The number of unbranched alkanes of at least 4 members (excludes halogenated alkanes) is 3. The molecular formula is C20H28N6O5. The summed E-state index contributed by atoms with van der Waals surface area (Å²) >= 11 is 0. The van der Waals surface area contributed by atoms with Crippen molar-refractivity contribution >= 4 is 28.6 Å². The van der Waals surface area contributed by atoms with Crippen LogP contribution in [0, 0.1) is 0 Å². The molecule has 2 aliphatic rings. The van der Waals surface area contributed by atoms with Crippen LogP contribution in [0.25, 0.3) is 11.0 Å². The third-order valence-electron chi connectivity index (χ3n) is 5.71. The van der Waals surface area contributed by atoms with Crippen LogP contribution in [0.3, 0.4) is 0 Å².